The molecular weight excluding hydrogens is 114 g/mol. The highest BCUT2D eigenvalue weighted by atomic mass is 14.9. The lowest BCUT2D eigenvalue weighted by Crippen LogP contribution is -2.17. The van der Waals surface area contributed by atoms with Gasteiger partial charge in [0, 0.05) is 12.3 Å². The molecule has 3 nitrogen and oxygen atoms in total. The highest BCUT2D eigenvalue weighted by Gasteiger charge is 1.97. The molecule has 0 fully saturated rings. The maximum Gasteiger partial charge on any atom is 0.147 e. The maximum atomic E-state index is 7.11. The van der Waals surface area contributed by atoms with Crippen LogP contribution in [0.2, 0.25) is 0 Å². The molecule has 0 aliphatic carbocycles. The van der Waals surface area contributed by atoms with Crippen LogP contribution in [-0.4, -0.2) is 10.8 Å². The summed E-state index contributed by atoms with van der Waals surface area (Å²) in [6.07, 6.45) is 3.52. The van der Waals surface area contributed by atoms with E-state index >= 15 is 0 Å². The van der Waals surface area contributed by atoms with Crippen molar-refractivity contribution < 1.29 is 0 Å². The summed E-state index contributed by atoms with van der Waals surface area (Å²) >= 11 is 0. The Kier molecular flexibility index (Phi) is 0.656. The van der Waals surface area contributed by atoms with E-state index in [0.717, 1.165) is 10.7 Å². The third kappa shape index (κ3) is 0.512. The molecule has 1 aromatic rings. The van der Waals surface area contributed by atoms with E-state index in [4.69, 9.17) is 5.41 Å². The Balaban J connectivity index is 3.01. The number of amidine groups is 1. The lowest BCUT2D eigenvalue weighted by Gasteiger charge is -1.72. The van der Waals surface area contributed by atoms with Crippen molar-refractivity contribution in [2.24, 2.45) is 4.99 Å². The zero-order valence-electron chi connectivity index (χ0n) is 4.68. The minimum absolute atomic E-state index is 0.330. The van der Waals surface area contributed by atoms with Crippen molar-refractivity contribution in [3.05, 3.63) is 23.0 Å². The van der Waals surface area contributed by atoms with Crippen LogP contribution in [-0.2, 0) is 0 Å². The molecule has 44 valence electrons. The molecule has 0 bridgehead atoms. The Labute approximate surface area is 51.3 Å². The van der Waals surface area contributed by atoms with Gasteiger partial charge in [-0.25, -0.2) is 4.99 Å². The summed E-state index contributed by atoms with van der Waals surface area (Å²) in [5.74, 6) is 0.330. The van der Waals surface area contributed by atoms with E-state index in [1.807, 2.05) is 12.3 Å². The second-order valence-electron chi connectivity index (χ2n) is 1.92. The Bertz CT molecular complexity index is 325. The van der Waals surface area contributed by atoms with Gasteiger partial charge in [-0.3, -0.25) is 5.41 Å². The van der Waals surface area contributed by atoms with E-state index in [0.29, 0.717) is 5.84 Å². The quantitative estimate of drug-likeness (QED) is 0.458. The van der Waals surface area contributed by atoms with Gasteiger partial charge in [0.05, 0.1) is 10.7 Å². The van der Waals surface area contributed by atoms with E-state index in [-0.39, 0.29) is 0 Å². The largest absolute Gasteiger partial charge is 0.360 e. The molecule has 1 aliphatic rings. The highest BCUT2D eigenvalue weighted by Crippen LogP contribution is 1.79. The van der Waals surface area contributed by atoms with Crippen molar-refractivity contribution in [1.82, 2.24) is 4.98 Å². The van der Waals surface area contributed by atoms with E-state index in [9.17, 15) is 0 Å². The van der Waals surface area contributed by atoms with Gasteiger partial charge in [-0.15, -0.1) is 0 Å². The molecule has 0 saturated heterocycles. The van der Waals surface area contributed by atoms with Crippen LogP contribution in [0.25, 0.3) is 6.08 Å². The van der Waals surface area contributed by atoms with Gasteiger partial charge in [-0.05, 0) is 6.07 Å². The maximum absolute atomic E-state index is 7.11. The SMILES string of the molecule is N=C1C=c2[nH]ccc2=N1. The van der Waals surface area contributed by atoms with Gasteiger partial charge in [0.25, 0.3) is 0 Å². The third-order valence-electron chi connectivity index (χ3n) is 1.28. The average molecular weight is 119 g/mol. The van der Waals surface area contributed by atoms with Crippen LogP contribution in [0.5, 0.6) is 0 Å². The Hall–Kier alpha value is -1.38. The molecule has 0 atom stereocenters. The van der Waals surface area contributed by atoms with Crippen molar-refractivity contribution in [3.8, 4) is 0 Å². The lowest BCUT2D eigenvalue weighted by atomic mass is 10.5. The first-order valence-electron chi connectivity index (χ1n) is 2.69. The second kappa shape index (κ2) is 1.31. The topological polar surface area (TPSA) is 52.0 Å². The molecule has 2 heterocycles. The molecule has 0 spiro atoms. The monoisotopic (exact) mass is 119 g/mol. The molecular formula is C6H5N3. The Morgan fingerprint density at radius 1 is 1.56 bits per heavy atom. The first kappa shape index (κ1) is 4.49. The molecule has 0 unspecified atom stereocenters. The van der Waals surface area contributed by atoms with Gasteiger partial charge < -0.3 is 4.98 Å². The fourth-order valence-electron chi connectivity index (χ4n) is 0.886. The van der Waals surface area contributed by atoms with Crippen LogP contribution in [0.1, 0.15) is 0 Å². The number of rotatable bonds is 0. The molecule has 1 aromatic heterocycles. The minimum atomic E-state index is 0.330. The first-order chi connectivity index (χ1) is 4.36. The zero-order chi connectivity index (χ0) is 6.27. The van der Waals surface area contributed by atoms with Crippen LogP contribution in [0.15, 0.2) is 17.3 Å². The van der Waals surface area contributed by atoms with Crippen LogP contribution >= 0.6 is 0 Å². The summed E-state index contributed by atoms with van der Waals surface area (Å²) < 4.78 is 0. The van der Waals surface area contributed by atoms with Crippen LogP contribution < -0.4 is 10.7 Å². The molecule has 9 heavy (non-hydrogen) atoms. The molecule has 0 aromatic carbocycles. The Morgan fingerprint density at radius 2 is 2.44 bits per heavy atom. The number of aromatic amines is 1. The van der Waals surface area contributed by atoms with Crippen molar-refractivity contribution >= 4 is 11.9 Å². The predicted octanol–water partition coefficient (Wildman–Crippen LogP) is -0.594. The first-order valence-corrected chi connectivity index (χ1v) is 2.69. The van der Waals surface area contributed by atoms with E-state index in [1.165, 1.54) is 0 Å². The summed E-state index contributed by atoms with van der Waals surface area (Å²) in [7, 11) is 0. The van der Waals surface area contributed by atoms with E-state index < -0.39 is 0 Å². The molecule has 0 amide bonds. The van der Waals surface area contributed by atoms with Gasteiger partial charge in [-0.1, -0.05) is 0 Å². The van der Waals surface area contributed by atoms with Crippen LogP contribution in [0.3, 0.4) is 0 Å². The van der Waals surface area contributed by atoms with Crippen LogP contribution in [0, 0.1) is 5.41 Å². The average Bonchev–Trinajstić information content (AvgIpc) is 2.22. The van der Waals surface area contributed by atoms with Crippen molar-refractivity contribution in [3.63, 3.8) is 0 Å². The van der Waals surface area contributed by atoms with Gasteiger partial charge in [0.1, 0.15) is 5.84 Å². The summed E-state index contributed by atoms with van der Waals surface area (Å²) in [6.45, 7) is 0. The second-order valence-corrected chi connectivity index (χ2v) is 1.92. The molecule has 3 heteroatoms. The van der Waals surface area contributed by atoms with E-state index in [1.54, 1.807) is 6.08 Å². The standard InChI is InChI=1S/C6H5N3/c7-6-3-5-4(9-6)1-2-8-5/h1-3,7-8H. The van der Waals surface area contributed by atoms with Gasteiger partial charge in [0.2, 0.25) is 0 Å². The van der Waals surface area contributed by atoms with E-state index in [2.05, 4.69) is 9.98 Å². The molecule has 0 saturated carbocycles. The number of nitrogens with zero attached hydrogens (tertiary/aromatic N) is 1. The van der Waals surface area contributed by atoms with Crippen LogP contribution in [0.4, 0.5) is 0 Å². The number of hydrogen-bond acceptors (Lipinski definition) is 1. The number of hydrogen-bond donors (Lipinski definition) is 2. The lowest BCUT2D eigenvalue weighted by molar-refractivity contribution is 1.30. The van der Waals surface area contributed by atoms with Crippen molar-refractivity contribution in [2.45, 2.75) is 0 Å². The fraction of sp³-hybridized carbons (Fsp3) is 0. The molecule has 2 N–H and O–H groups in total. The Morgan fingerprint density at radius 3 is 3.22 bits per heavy atom. The number of nitrogens with one attached hydrogen (secondary N) is 2. The summed E-state index contributed by atoms with van der Waals surface area (Å²) in [4.78, 5) is 6.87. The zero-order valence-corrected chi connectivity index (χ0v) is 4.68. The molecule has 0 radical (unpaired) electrons. The normalized spacial score (nSPS) is 14.4. The summed E-state index contributed by atoms with van der Waals surface area (Å²) in [6, 6.07) is 1.85. The van der Waals surface area contributed by atoms with Crippen molar-refractivity contribution in [1.29, 1.82) is 5.41 Å². The predicted molar refractivity (Wildman–Crippen MR) is 33.8 cm³/mol. The number of fused-ring (bicyclic) bond motifs is 1. The molecule has 2 rings (SSSR count). The molecule has 1 aliphatic heterocycles. The number of aromatic nitrogens is 1. The fourth-order valence-corrected chi connectivity index (χ4v) is 0.886. The van der Waals surface area contributed by atoms with Gasteiger partial charge in [-0.2, -0.15) is 0 Å². The highest BCUT2D eigenvalue weighted by molar-refractivity contribution is 6.08. The van der Waals surface area contributed by atoms with Gasteiger partial charge >= 0.3 is 0 Å². The summed E-state index contributed by atoms with van der Waals surface area (Å²) in [5.41, 5.74) is 0. The third-order valence-corrected chi connectivity index (χ3v) is 1.28. The number of H-pyrrole nitrogens is 1. The smallest absolute Gasteiger partial charge is 0.147 e. The van der Waals surface area contributed by atoms with Gasteiger partial charge in [0.15, 0.2) is 0 Å². The minimum Gasteiger partial charge on any atom is -0.360 e. The van der Waals surface area contributed by atoms with Crippen molar-refractivity contribution in [2.75, 3.05) is 0 Å². The summed E-state index contributed by atoms with van der Waals surface area (Å²) in [5, 5.41) is 8.93.